The summed E-state index contributed by atoms with van der Waals surface area (Å²) in [5.41, 5.74) is 2.50. The molecule has 3 rings (SSSR count). The van der Waals surface area contributed by atoms with Crippen LogP contribution in [0.3, 0.4) is 0 Å². The summed E-state index contributed by atoms with van der Waals surface area (Å²) in [7, 11) is 0. The third-order valence-electron chi connectivity index (χ3n) is 4.23. The summed E-state index contributed by atoms with van der Waals surface area (Å²) >= 11 is 0. The summed E-state index contributed by atoms with van der Waals surface area (Å²) in [6.07, 6.45) is -0.809. The summed E-state index contributed by atoms with van der Waals surface area (Å²) in [6, 6.07) is 12.6. The van der Waals surface area contributed by atoms with Crippen molar-refractivity contribution in [2.75, 3.05) is 18.5 Å². The summed E-state index contributed by atoms with van der Waals surface area (Å²) in [5, 5.41) is 13.7. The molecule has 1 unspecified atom stereocenters. The second kappa shape index (κ2) is 8.41. The molecule has 0 fully saturated rings. The van der Waals surface area contributed by atoms with E-state index in [1.807, 2.05) is 24.3 Å². The van der Waals surface area contributed by atoms with E-state index >= 15 is 0 Å². The van der Waals surface area contributed by atoms with Gasteiger partial charge in [0.15, 0.2) is 6.29 Å². The number of aliphatic hydroxyl groups excluding tert-OH is 1. The quantitative estimate of drug-likeness (QED) is 0.479. The Morgan fingerprint density at radius 1 is 1.07 bits per heavy atom. The Bertz CT molecular complexity index is 928. The lowest BCUT2D eigenvalue weighted by Crippen LogP contribution is -2.16. The molecule has 0 aliphatic carbocycles. The molecule has 1 heterocycles. The monoisotopic (exact) mass is 369 g/mol. The van der Waals surface area contributed by atoms with Gasteiger partial charge in [-0.15, -0.1) is 0 Å². The lowest BCUT2D eigenvalue weighted by atomic mass is 10.00. The van der Waals surface area contributed by atoms with Gasteiger partial charge < -0.3 is 15.2 Å². The van der Waals surface area contributed by atoms with Crippen LogP contribution in [-0.2, 0) is 4.74 Å². The molecule has 142 valence electrons. The van der Waals surface area contributed by atoms with Gasteiger partial charge in [-0.25, -0.2) is 14.4 Å². The van der Waals surface area contributed by atoms with Gasteiger partial charge in [0.05, 0.1) is 12.3 Å². The average Bonchev–Trinajstić information content (AvgIpc) is 2.65. The first kappa shape index (κ1) is 19.2. The number of aromatic nitrogens is 2. The Hall–Kier alpha value is -2.57. The van der Waals surface area contributed by atoms with Crippen molar-refractivity contribution in [3.8, 4) is 11.3 Å². The van der Waals surface area contributed by atoms with Crippen molar-refractivity contribution in [1.29, 1.82) is 0 Å². The Kier molecular flexibility index (Phi) is 5.98. The number of nitrogens with zero attached hydrogens (tertiary/aromatic N) is 2. The van der Waals surface area contributed by atoms with Gasteiger partial charge >= 0.3 is 0 Å². The highest BCUT2D eigenvalue weighted by atomic mass is 19.1. The van der Waals surface area contributed by atoms with Gasteiger partial charge in [-0.3, -0.25) is 0 Å². The highest BCUT2D eigenvalue weighted by Crippen LogP contribution is 2.31. The fourth-order valence-electron chi connectivity index (χ4n) is 2.86. The van der Waals surface area contributed by atoms with Crippen LogP contribution in [0.4, 0.5) is 10.3 Å². The number of fused-ring (bicyclic) bond motifs is 1. The molecule has 0 aliphatic heterocycles. The molecule has 1 aromatic heterocycles. The Morgan fingerprint density at radius 3 is 2.52 bits per heavy atom. The Labute approximate surface area is 158 Å². The van der Waals surface area contributed by atoms with E-state index in [2.05, 4.69) is 29.1 Å². The predicted molar refractivity (Wildman–Crippen MR) is 105 cm³/mol. The van der Waals surface area contributed by atoms with E-state index in [1.54, 1.807) is 19.1 Å². The zero-order valence-electron chi connectivity index (χ0n) is 15.7. The largest absolute Gasteiger partial charge is 0.368 e. The van der Waals surface area contributed by atoms with Crippen molar-refractivity contribution >= 4 is 16.7 Å². The molecule has 0 aliphatic rings. The highest BCUT2D eigenvalue weighted by molar-refractivity contribution is 5.96. The zero-order chi connectivity index (χ0) is 19.4. The van der Waals surface area contributed by atoms with Crippen molar-refractivity contribution in [1.82, 2.24) is 9.97 Å². The van der Waals surface area contributed by atoms with Gasteiger partial charge in [0.1, 0.15) is 5.82 Å². The van der Waals surface area contributed by atoms with Crippen LogP contribution >= 0.6 is 0 Å². The van der Waals surface area contributed by atoms with E-state index in [4.69, 9.17) is 4.74 Å². The van der Waals surface area contributed by atoms with Crippen LogP contribution < -0.4 is 5.32 Å². The molecule has 0 radical (unpaired) electrons. The van der Waals surface area contributed by atoms with Gasteiger partial charge in [0.2, 0.25) is 5.95 Å². The lowest BCUT2D eigenvalue weighted by molar-refractivity contribution is -0.0812. The second-order valence-electron chi connectivity index (χ2n) is 6.69. The molecule has 0 saturated carbocycles. The van der Waals surface area contributed by atoms with Crippen LogP contribution in [0.2, 0.25) is 0 Å². The standard InChI is InChI=1S/C21H24FN3O2/c1-13(2)19-12-20(25-21(24-19)23-10-11-27-14(3)26)17-8-9-18(22)16-7-5-4-6-15(16)17/h4-9,12-14,26H,10-11H2,1-3H3,(H,23,24,25). The number of aliphatic hydroxyl groups is 1. The van der Waals surface area contributed by atoms with E-state index in [-0.39, 0.29) is 11.7 Å². The maximum absolute atomic E-state index is 14.2. The van der Waals surface area contributed by atoms with Crippen molar-refractivity contribution in [3.63, 3.8) is 0 Å². The number of hydrogen-bond acceptors (Lipinski definition) is 5. The van der Waals surface area contributed by atoms with Gasteiger partial charge in [-0.1, -0.05) is 38.1 Å². The summed E-state index contributed by atoms with van der Waals surface area (Å²) < 4.78 is 19.3. The van der Waals surface area contributed by atoms with Gasteiger partial charge in [-0.05, 0) is 36.4 Å². The van der Waals surface area contributed by atoms with E-state index in [0.717, 1.165) is 22.3 Å². The SMILES string of the molecule is CC(O)OCCNc1nc(-c2ccc(F)c3ccccc23)cc(C(C)C)n1. The van der Waals surface area contributed by atoms with Gasteiger partial charge in [0, 0.05) is 23.2 Å². The summed E-state index contributed by atoms with van der Waals surface area (Å²) in [5.74, 6) is 0.452. The fourth-order valence-corrected chi connectivity index (χ4v) is 2.86. The van der Waals surface area contributed by atoms with E-state index in [1.165, 1.54) is 6.07 Å². The maximum Gasteiger partial charge on any atom is 0.223 e. The smallest absolute Gasteiger partial charge is 0.223 e. The first-order valence-electron chi connectivity index (χ1n) is 9.06. The third-order valence-corrected chi connectivity index (χ3v) is 4.23. The first-order chi connectivity index (χ1) is 13.0. The molecule has 2 aromatic carbocycles. The van der Waals surface area contributed by atoms with Crippen LogP contribution in [-0.4, -0.2) is 34.5 Å². The summed E-state index contributed by atoms with van der Waals surface area (Å²) in [6.45, 7) is 6.50. The number of halogens is 1. The van der Waals surface area contributed by atoms with Crippen LogP contribution in [0.1, 0.15) is 32.4 Å². The van der Waals surface area contributed by atoms with Crippen molar-refractivity contribution < 1.29 is 14.2 Å². The maximum atomic E-state index is 14.2. The molecule has 0 saturated heterocycles. The van der Waals surface area contributed by atoms with Crippen LogP contribution in [0.5, 0.6) is 0 Å². The van der Waals surface area contributed by atoms with Crippen molar-refractivity contribution in [2.45, 2.75) is 33.0 Å². The molecule has 0 bridgehead atoms. The highest BCUT2D eigenvalue weighted by Gasteiger charge is 2.13. The Morgan fingerprint density at radius 2 is 1.81 bits per heavy atom. The van der Waals surface area contributed by atoms with Crippen LogP contribution in [0.25, 0.3) is 22.0 Å². The predicted octanol–water partition coefficient (Wildman–Crippen LogP) is 4.33. The van der Waals surface area contributed by atoms with Crippen molar-refractivity contribution in [2.24, 2.45) is 0 Å². The molecule has 2 N–H and O–H groups in total. The van der Waals surface area contributed by atoms with E-state index in [0.29, 0.717) is 24.5 Å². The molecule has 3 aromatic rings. The summed E-state index contributed by atoms with van der Waals surface area (Å²) in [4.78, 5) is 9.18. The van der Waals surface area contributed by atoms with Gasteiger partial charge in [-0.2, -0.15) is 0 Å². The molecular formula is C21H24FN3O2. The topological polar surface area (TPSA) is 67.3 Å². The second-order valence-corrected chi connectivity index (χ2v) is 6.69. The molecule has 27 heavy (non-hydrogen) atoms. The minimum absolute atomic E-state index is 0.215. The molecule has 0 spiro atoms. The third kappa shape index (κ3) is 4.59. The van der Waals surface area contributed by atoms with Crippen LogP contribution in [0, 0.1) is 5.82 Å². The molecule has 5 nitrogen and oxygen atoms in total. The average molecular weight is 369 g/mol. The van der Waals surface area contributed by atoms with Gasteiger partial charge in [0.25, 0.3) is 0 Å². The molecular weight excluding hydrogens is 345 g/mol. The lowest BCUT2D eigenvalue weighted by Gasteiger charge is -2.14. The van der Waals surface area contributed by atoms with Crippen LogP contribution in [0.15, 0.2) is 42.5 Å². The number of nitrogens with one attached hydrogen (secondary N) is 1. The number of ether oxygens (including phenoxy) is 1. The normalized spacial score (nSPS) is 12.5. The minimum atomic E-state index is -0.809. The number of benzene rings is 2. The number of hydrogen-bond donors (Lipinski definition) is 2. The molecule has 0 amide bonds. The minimum Gasteiger partial charge on any atom is -0.368 e. The first-order valence-corrected chi connectivity index (χ1v) is 9.06. The van der Waals surface area contributed by atoms with Crippen molar-refractivity contribution in [3.05, 3.63) is 54.0 Å². The fraction of sp³-hybridized carbons (Fsp3) is 0.333. The van der Waals surface area contributed by atoms with E-state index < -0.39 is 6.29 Å². The van der Waals surface area contributed by atoms with E-state index in [9.17, 15) is 9.50 Å². The molecule has 1 atom stereocenters. The number of anilines is 1. The Balaban J connectivity index is 1.99. The number of rotatable bonds is 7. The zero-order valence-corrected chi connectivity index (χ0v) is 15.7. The molecule has 6 heteroatoms.